The number of rotatable bonds is 6. The lowest BCUT2D eigenvalue weighted by Crippen LogP contribution is -2.34. The van der Waals surface area contributed by atoms with Gasteiger partial charge in [0.25, 0.3) is 5.91 Å². The van der Waals surface area contributed by atoms with E-state index in [-0.39, 0.29) is 37.2 Å². The first-order valence-corrected chi connectivity index (χ1v) is 10.6. The number of fused-ring (bicyclic) bond motifs is 3. The molecule has 1 unspecified atom stereocenters. The molecule has 31 heavy (non-hydrogen) atoms. The molecule has 1 aliphatic heterocycles. The van der Waals surface area contributed by atoms with Crippen LogP contribution in [-0.4, -0.2) is 33.8 Å². The van der Waals surface area contributed by atoms with Gasteiger partial charge in [-0.1, -0.05) is 18.2 Å². The Morgan fingerprint density at radius 2 is 2.06 bits per heavy atom. The zero-order valence-corrected chi connectivity index (χ0v) is 17.0. The quantitative estimate of drug-likeness (QED) is 0.533. The maximum absolute atomic E-state index is 12.6. The van der Waals surface area contributed by atoms with Crippen molar-refractivity contribution in [1.82, 2.24) is 20.5 Å². The van der Waals surface area contributed by atoms with Gasteiger partial charge in [-0.2, -0.15) is 0 Å². The Labute approximate surface area is 179 Å². The fourth-order valence-corrected chi connectivity index (χ4v) is 4.58. The van der Waals surface area contributed by atoms with Crippen LogP contribution < -0.4 is 10.6 Å². The highest BCUT2D eigenvalue weighted by Gasteiger charge is 2.38. The van der Waals surface area contributed by atoms with Crippen molar-refractivity contribution < 1.29 is 18.8 Å². The summed E-state index contributed by atoms with van der Waals surface area (Å²) in [5.41, 5.74) is 3.44. The predicted octanol–water partition coefficient (Wildman–Crippen LogP) is 3.16. The van der Waals surface area contributed by atoms with E-state index in [9.17, 15) is 14.4 Å². The molecule has 160 valence electrons. The molecule has 5 rings (SSSR count). The van der Waals surface area contributed by atoms with Crippen molar-refractivity contribution in [3.63, 3.8) is 0 Å². The number of imide groups is 1. The topological polar surface area (TPSA) is 107 Å². The van der Waals surface area contributed by atoms with Gasteiger partial charge >= 0.3 is 6.03 Å². The monoisotopic (exact) mass is 420 g/mol. The maximum Gasteiger partial charge on any atom is 0.325 e. The predicted molar refractivity (Wildman–Crippen MR) is 113 cm³/mol. The molecule has 1 saturated heterocycles. The van der Waals surface area contributed by atoms with E-state index in [2.05, 4.69) is 27.8 Å². The van der Waals surface area contributed by atoms with E-state index in [0.717, 1.165) is 35.4 Å². The zero-order valence-electron chi connectivity index (χ0n) is 17.0. The zero-order chi connectivity index (χ0) is 21.4. The molecule has 0 bridgehead atoms. The number of aryl methyl sites for hydroxylation is 1. The molecule has 1 aliphatic carbocycles. The summed E-state index contributed by atoms with van der Waals surface area (Å²) in [5, 5.41) is 6.99. The molecule has 1 aromatic carbocycles. The lowest BCUT2D eigenvalue weighted by molar-refractivity contribution is -0.128. The Morgan fingerprint density at radius 3 is 2.90 bits per heavy atom. The molecule has 0 saturated carbocycles. The number of nitrogens with one attached hydrogen (secondary N) is 3. The molecule has 4 amide bonds. The Bertz CT molecular complexity index is 1130. The number of carbonyl (C=O) groups excluding carboxylic acids is 3. The Hall–Kier alpha value is -3.55. The van der Waals surface area contributed by atoms with Gasteiger partial charge in [0.2, 0.25) is 5.91 Å². The normalized spacial score (nSPS) is 20.7. The van der Waals surface area contributed by atoms with E-state index in [4.69, 9.17) is 4.42 Å². The maximum atomic E-state index is 12.6. The summed E-state index contributed by atoms with van der Waals surface area (Å²) in [4.78, 5) is 42.0. The van der Waals surface area contributed by atoms with Crippen molar-refractivity contribution in [3.8, 4) is 0 Å². The van der Waals surface area contributed by atoms with Crippen LogP contribution in [0.3, 0.4) is 0 Å². The molecule has 2 aromatic heterocycles. The third kappa shape index (κ3) is 3.69. The number of H-pyrrole nitrogens is 1. The van der Waals surface area contributed by atoms with Crippen LogP contribution in [0.15, 0.2) is 47.1 Å². The van der Waals surface area contributed by atoms with Crippen molar-refractivity contribution in [3.05, 3.63) is 59.7 Å². The Morgan fingerprint density at radius 1 is 1.19 bits per heavy atom. The largest absolute Gasteiger partial charge is 0.467 e. The van der Waals surface area contributed by atoms with Gasteiger partial charge in [0, 0.05) is 23.0 Å². The van der Waals surface area contributed by atoms with Gasteiger partial charge in [0.05, 0.1) is 18.8 Å². The van der Waals surface area contributed by atoms with Crippen LogP contribution in [0.5, 0.6) is 0 Å². The van der Waals surface area contributed by atoms with Crippen LogP contribution >= 0.6 is 0 Å². The van der Waals surface area contributed by atoms with E-state index in [0.29, 0.717) is 5.76 Å². The second-order valence-electron chi connectivity index (χ2n) is 8.12. The number of furan rings is 1. The average molecular weight is 420 g/mol. The number of aromatic nitrogens is 1. The van der Waals surface area contributed by atoms with E-state index in [1.54, 1.807) is 12.1 Å². The minimum Gasteiger partial charge on any atom is -0.467 e. The van der Waals surface area contributed by atoms with Crippen LogP contribution in [0, 0.1) is 0 Å². The van der Waals surface area contributed by atoms with Crippen LogP contribution in [0.25, 0.3) is 10.9 Å². The van der Waals surface area contributed by atoms with Crippen LogP contribution in [0.4, 0.5) is 4.79 Å². The number of amides is 4. The second kappa shape index (κ2) is 7.94. The number of benzene rings is 1. The van der Waals surface area contributed by atoms with Gasteiger partial charge in [-0.25, -0.2) is 4.79 Å². The van der Waals surface area contributed by atoms with Gasteiger partial charge in [-0.15, -0.1) is 0 Å². The summed E-state index contributed by atoms with van der Waals surface area (Å²) in [7, 11) is 0. The van der Waals surface area contributed by atoms with Gasteiger partial charge in [-0.3, -0.25) is 14.5 Å². The summed E-state index contributed by atoms with van der Waals surface area (Å²) < 4.78 is 5.22. The molecule has 3 N–H and O–H groups in total. The second-order valence-corrected chi connectivity index (χ2v) is 8.12. The summed E-state index contributed by atoms with van der Waals surface area (Å²) in [6, 6.07) is 10.4. The third-order valence-electron chi connectivity index (χ3n) is 6.11. The molecule has 1 fully saturated rings. The van der Waals surface area contributed by atoms with Gasteiger partial charge in [-0.05, 0) is 49.4 Å². The fourth-order valence-electron chi connectivity index (χ4n) is 4.58. The number of urea groups is 1. The molecule has 3 heterocycles. The van der Waals surface area contributed by atoms with Gasteiger partial charge < -0.3 is 20.0 Å². The first-order chi connectivity index (χ1) is 15.1. The molecule has 0 radical (unpaired) electrons. The van der Waals surface area contributed by atoms with Gasteiger partial charge in [0.1, 0.15) is 11.8 Å². The van der Waals surface area contributed by atoms with E-state index in [1.165, 1.54) is 17.2 Å². The van der Waals surface area contributed by atoms with E-state index >= 15 is 0 Å². The smallest absolute Gasteiger partial charge is 0.325 e. The lowest BCUT2D eigenvalue weighted by atomic mass is 9.91. The standard InChI is InChI=1S/C23H24N4O4/c28-20(11-10-19-22(29)27(23(30)26-19)13-14-5-4-12-31-14)24-18-9-3-7-16-15-6-1-2-8-17(15)25-21(16)18/h1-2,4-6,8,12,18-19,25H,3,7,9-11,13H2,(H,24,28)(H,26,30)/t18?,19-/m0/s1. The van der Waals surface area contributed by atoms with Crippen LogP contribution in [0.2, 0.25) is 0 Å². The molecule has 8 heteroatoms. The molecular weight excluding hydrogens is 396 g/mol. The van der Waals surface area contributed by atoms with Gasteiger partial charge in [0.15, 0.2) is 0 Å². The van der Waals surface area contributed by atoms with Crippen molar-refractivity contribution >= 4 is 28.7 Å². The number of nitrogens with zero attached hydrogens (tertiary/aromatic N) is 1. The van der Waals surface area contributed by atoms with Crippen molar-refractivity contribution in [2.75, 3.05) is 0 Å². The lowest BCUT2D eigenvalue weighted by Gasteiger charge is -2.24. The Balaban J connectivity index is 1.19. The molecule has 0 spiro atoms. The Kier molecular flexibility index (Phi) is 4.97. The molecular formula is C23H24N4O4. The summed E-state index contributed by atoms with van der Waals surface area (Å²) in [6.45, 7) is 0.0889. The number of hydrogen-bond acceptors (Lipinski definition) is 4. The van der Waals surface area contributed by atoms with Crippen LogP contribution in [0.1, 0.15) is 48.7 Å². The molecule has 2 aliphatic rings. The molecule has 2 atom stereocenters. The first-order valence-electron chi connectivity index (χ1n) is 10.6. The van der Waals surface area contributed by atoms with Crippen molar-refractivity contribution in [2.24, 2.45) is 0 Å². The van der Waals surface area contributed by atoms with Crippen LogP contribution in [-0.2, 0) is 22.6 Å². The highest BCUT2D eigenvalue weighted by Crippen LogP contribution is 2.34. The summed E-state index contributed by atoms with van der Waals surface area (Å²) in [5.74, 6) is 0.0844. The SMILES string of the molecule is O=C(CC[C@@H]1NC(=O)N(Cc2ccco2)C1=O)NC1CCCc2c1[nH]c1ccccc21. The first kappa shape index (κ1) is 19.4. The summed E-state index contributed by atoms with van der Waals surface area (Å²) in [6.07, 6.45) is 4.81. The molecule has 8 nitrogen and oxygen atoms in total. The fraction of sp³-hybridized carbons (Fsp3) is 0.348. The van der Waals surface area contributed by atoms with E-state index < -0.39 is 12.1 Å². The number of carbonyl (C=O) groups is 3. The number of aromatic amines is 1. The number of hydrogen-bond donors (Lipinski definition) is 3. The summed E-state index contributed by atoms with van der Waals surface area (Å²) >= 11 is 0. The highest BCUT2D eigenvalue weighted by molar-refractivity contribution is 6.04. The molecule has 3 aromatic rings. The van der Waals surface area contributed by atoms with E-state index in [1.807, 2.05) is 12.1 Å². The highest BCUT2D eigenvalue weighted by atomic mass is 16.3. The minimum absolute atomic E-state index is 0.0621. The third-order valence-corrected chi connectivity index (χ3v) is 6.11. The average Bonchev–Trinajstić information content (AvgIpc) is 3.48. The minimum atomic E-state index is -0.691. The van der Waals surface area contributed by atoms with Crippen molar-refractivity contribution in [2.45, 2.75) is 50.7 Å². The number of para-hydroxylation sites is 1. The van der Waals surface area contributed by atoms with Crippen molar-refractivity contribution in [1.29, 1.82) is 0 Å².